The van der Waals surface area contributed by atoms with Gasteiger partial charge in [-0.3, -0.25) is 9.59 Å². The van der Waals surface area contributed by atoms with E-state index in [0.29, 0.717) is 30.2 Å². The Morgan fingerprint density at radius 1 is 1.12 bits per heavy atom. The second kappa shape index (κ2) is 8.37. The smallest absolute Gasteiger partial charge is 0.255 e. The molecule has 6 nitrogen and oxygen atoms in total. The van der Waals surface area contributed by atoms with Gasteiger partial charge in [0.15, 0.2) is 0 Å². The van der Waals surface area contributed by atoms with Crippen molar-refractivity contribution in [2.24, 2.45) is 0 Å². The second-order valence-corrected chi connectivity index (χ2v) is 5.74. The molecule has 1 atom stereocenters. The number of hydrogen-bond donors (Lipinski definition) is 1. The van der Waals surface area contributed by atoms with Crippen molar-refractivity contribution in [3.8, 4) is 0 Å². The van der Waals surface area contributed by atoms with Crippen LogP contribution in [0.4, 0.5) is 0 Å². The van der Waals surface area contributed by atoms with Crippen LogP contribution in [0.3, 0.4) is 0 Å². The largest absolute Gasteiger partial charge is 0.341 e. The normalized spacial score (nSPS) is 11.7. The van der Waals surface area contributed by atoms with Gasteiger partial charge in [-0.25, -0.2) is 9.97 Å². The zero-order chi connectivity index (χ0) is 18.4. The first-order valence-corrected chi connectivity index (χ1v) is 8.42. The minimum Gasteiger partial charge on any atom is -0.341 e. The van der Waals surface area contributed by atoms with E-state index in [1.54, 1.807) is 18.7 Å². The van der Waals surface area contributed by atoms with Crippen LogP contribution in [0.1, 0.15) is 47.3 Å². The van der Waals surface area contributed by atoms with Gasteiger partial charge in [0, 0.05) is 19.3 Å². The first kappa shape index (κ1) is 18.6. The van der Waals surface area contributed by atoms with Gasteiger partial charge in [0.2, 0.25) is 5.91 Å². The van der Waals surface area contributed by atoms with Gasteiger partial charge >= 0.3 is 0 Å². The van der Waals surface area contributed by atoms with Gasteiger partial charge in [0.25, 0.3) is 5.91 Å². The molecule has 0 aliphatic carbocycles. The van der Waals surface area contributed by atoms with Crippen LogP contribution < -0.4 is 5.32 Å². The molecule has 1 heterocycles. The number of nitrogens with zero attached hydrogens (tertiary/aromatic N) is 3. The highest BCUT2D eigenvalue weighted by molar-refractivity contribution is 5.98. The van der Waals surface area contributed by atoms with Crippen molar-refractivity contribution in [1.29, 1.82) is 0 Å². The number of benzene rings is 1. The summed E-state index contributed by atoms with van der Waals surface area (Å²) in [6.45, 7) is 8.54. The Morgan fingerprint density at radius 2 is 1.76 bits per heavy atom. The summed E-state index contributed by atoms with van der Waals surface area (Å²) in [6.07, 6.45) is 1.50. The Hall–Kier alpha value is -2.76. The van der Waals surface area contributed by atoms with Crippen LogP contribution in [0.25, 0.3) is 0 Å². The first-order chi connectivity index (χ1) is 12.0. The van der Waals surface area contributed by atoms with Crippen LogP contribution >= 0.6 is 0 Å². The van der Waals surface area contributed by atoms with Crippen LogP contribution in [-0.2, 0) is 4.79 Å². The molecule has 0 fully saturated rings. The van der Waals surface area contributed by atoms with Crippen LogP contribution in [0.15, 0.2) is 36.5 Å². The van der Waals surface area contributed by atoms with Crippen molar-refractivity contribution >= 4 is 11.8 Å². The lowest BCUT2D eigenvalue weighted by Gasteiger charge is -2.26. The summed E-state index contributed by atoms with van der Waals surface area (Å²) in [5.41, 5.74) is 1.71. The maximum Gasteiger partial charge on any atom is 0.255 e. The van der Waals surface area contributed by atoms with E-state index in [1.807, 2.05) is 44.2 Å². The zero-order valence-corrected chi connectivity index (χ0v) is 15.1. The third-order valence-electron chi connectivity index (χ3n) is 4.07. The fourth-order valence-electron chi connectivity index (χ4n) is 2.67. The molecule has 6 heteroatoms. The summed E-state index contributed by atoms with van der Waals surface area (Å²) in [5.74, 6) is 0.120. The fraction of sp³-hybridized carbons (Fsp3) is 0.368. The Balaban J connectivity index is 2.33. The van der Waals surface area contributed by atoms with Crippen molar-refractivity contribution in [3.63, 3.8) is 0 Å². The molecule has 0 spiro atoms. The molecular formula is C19H24N4O2. The quantitative estimate of drug-likeness (QED) is 0.876. The molecule has 0 bridgehead atoms. The lowest BCUT2D eigenvalue weighted by Crippen LogP contribution is -2.43. The number of nitrogens with one attached hydrogen (secondary N) is 1. The first-order valence-electron chi connectivity index (χ1n) is 8.42. The molecule has 2 aromatic rings. The van der Waals surface area contributed by atoms with E-state index in [-0.39, 0.29) is 11.8 Å². The summed E-state index contributed by atoms with van der Waals surface area (Å²) in [5, 5.41) is 2.85. The van der Waals surface area contributed by atoms with E-state index in [0.717, 1.165) is 5.56 Å². The van der Waals surface area contributed by atoms with E-state index in [2.05, 4.69) is 15.3 Å². The van der Waals surface area contributed by atoms with E-state index in [1.165, 1.54) is 6.20 Å². The third-order valence-corrected chi connectivity index (χ3v) is 4.07. The summed E-state index contributed by atoms with van der Waals surface area (Å²) in [6, 6.07) is 8.51. The van der Waals surface area contributed by atoms with E-state index < -0.39 is 6.04 Å². The predicted octanol–water partition coefficient (Wildman–Crippen LogP) is 2.43. The molecule has 0 aliphatic heterocycles. The molecule has 2 amide bonds. The predicted molar refractivity (Wildman–Crippen MR) is 96.1 cm³/mol. The Labute approximate surface area is 148 Å². The van der Waals surface area contributed by atoms with Gasteiger partial charge in [-0.05, 0) is 33.3 Å². The second-order valence-electron chi connectivity index (χ2n) is 5.74. The number of likely N-dealkylation sites (N-methyl/N-ethyl adjacent to an activating group) is 1. The van der Waals surface area contributed by atoms with Crippen molar-refractivity contribution in [3.05, 3.63) is 59.2 Å². The van der Waals surface area contributed by atoms with Gasteiger partial charge in [-0.1, -0.05) is 30.3 Å². The molecule has 2 rings (SSSR count). The number of hydrogen-bond acceptors (Lipinski definition) is 4. The number of rotatable bonds is 6. The maximum atomic E-state index is 12.9. The van der Waals surface area contributed by atoms with Crippen LogP contribution in [0.5, 0.6) is 0 Å². The number of aromatic nitrogens is 2. The standard InChI is InChI=1S/C19H24N4O2/c1-5-23(6-2)19(25)17(15-10-8-7-9-11-15)22-18(24)16-12-20-14(4)21-13(16)3/h7-12,17H,5-6H2,1-4H3,(H,22,24). The fourth-order valence-corrected chi connectivity index (χ4v) is 2.67. The summed E-state index contributed by atoms with van der Waals surface area (Å²) in [4.78, 5) is 35.6. The molecule has 1 aromatic heterocycles. The minimum atomic E-state index is -0.741. The third kappa shape index (κ3) is 4.41. The Kier molecular flexibility index (Phi) is 6.22. The maximum absolute atomic E-state index is 12.9. The van der Waals surface area contributed by atoms with E-state index in [4.69, 9.17) is 0 Å². The molecule has 25 heavy (non-hydrogen) atoms. The molecule has 0 saturated carbocycles. The number of carbonyl (C=O) groups is 2. The van der Waals surface area contributed by atoms with Gasteiger partial charge in [0.1, 0.15) is 11.9 Å². The van der Waals surface area contributed by atoms with Gasteiger partial charge in [-0.15, -0.1) is 0 Å². The highest BCUT2D eigenvalue weighted by atomic mass is 16.2. The van der Waals surface area contributed by atoms with Crippen LogP contribution in [0.2, 0.25) is 0 Å². The van der Waals surface area contributed by atoms with Gasteiger partial charge in [-0.2, -0.15) is 0 Å². The van der Waals surface area contributed by atoms with Crippen LogP contribution in [-0.4, -0.2) is 39.8 Å². The van der Waals surface area contributed by atoms with Gasteiger partial charge in [0.05, 0.1) is 11.3 Å². The van der Waals surface area contributed by atoms with Crippen molar-refractivity contribution < 1.29 is 9.59 Å². The van der Waals surface area contributed by atoms with E-state index in [9.17, 15) is 9.59 Å². The van der Waals surface area contributed by atoms with Crippen LogP contribution in [0, 0.1) is 13.8 Å². The molecule has 1 unspecified atom stereocenters. The van der Waals surface area contributed by atoms with Crippen molar-refractivity contribution in [1.82, 2.24) is 20.2 Å². The SMILES string of the molecule is CCN(CC)C(=O)C(NC(=O)c1cnc(C)nc1C)c1ccccc1. The lowest BCUT2D eigenvalue weighted by molar-refractivity contribution is -0.133. The lowest BCUT2D eigenvalue weighted by atomic mass is 10.0. The Bertz CT molecular complexity index is 742. The number of amides is 2. The average Bonchev–Trinajstić information content (AvgIpc) is 2.61. The Morgan fingerprint density at radius 3 is 2.32 bits per heavy atom. The summed E-state index contributed by atoms with van der Waals surface area (Å²) >= 11 is 0. The molecule has 0 radical (unpaired) electrons. The summed E-state index contributed by atoms with van der Waals surface area (Å²) in [7, 11) is 0. The highest BCUT2D eigenvalue weighted by Gasteiger charge is 2.27. The number of carbonyl (C=O) groups excluding carboxylic acids is 2. The topological polar surface area (TPSA) is 75.2 Å². The highest BCUT2D eigenvalue weighted by Crippen LogP contribution is 2.17. The van der Waals surface area contributed by atoms with E-state index >= 15 is 0 Å². The molecule has 0 aliphatic rings. The summed E-state index contributed by atoms with van der Waals surface area (Å²) < 4.78 is 0. The molecular weight excluding hydrogens is 316 g/mol. The average molecular weight is 340 g/mol. The monoisotopic (exact) mass is 340 g/mol. The molecule has 132 valence electrons. The minimum absolute atomic E-state index is 0.129. The van der Waals surface area contributed by atoms with Crippen molar-refractivity contribution in [2.75, 3.05) is 13.1 Å². The van der Waals surface area contributed by atoms with Gasteiger partial charge < -0.3 is 10.2 Å². The molecule has 1 aromatic carbocycles. The van der Waals surface area contributed by atoms with Crippen molar-refractivity contribution in [2.45, 2.75) is 33.7 Å². The number of aryl methyl sites for hydroxylation is 2. The zero-order valence-electron chi connectivity index (χ0n) is 15.1. The molecule has 1 N–H and O–H groups in total. The molecule has 0 saturated heterocycles.